The second-order valence-corrected chi connectivity index (χ2v) is 14.0. The van der Waals surface area contributed by atoms with Gasteiger partial charge in [0.25, 0.3) is 0 Å². The molecule has 9 rings (SSSR count). The molecule has 9 aromatic rings. The van der Waals surface area contributed by atoms with Crippen LogP contribution in [0.4, 0.5) is 0 Å². The van der Waals surface area contributed by atoms with Crippen LogP contribution >= 0.6 is 0 Å². The molecule has 0 unspecified atom stereocenters. The molecule has 2 nitrogen and oxygen atoms in total. The Balaban J connectivity index is 1.29. The van der Waals surface area contributed by atoms with E-state index in [4.69, 9.17) is 4.98 Å². The largest absolute Gasteiger partial charge is 0.292 e. The number of aromatic nitrogens is 2. The van der Waals surface area contributed by atoms with Gasteiger partial charge in [-0.05, 0) is 102 Å². The fraction of sp³-hybridized carbons (Fsp3) is 0.0851. The van der Waals surface area contributed by atoms with Crippen molar-refractivity contribution < 1.29 is 0 Å². The molecule has 1 heterocycles. The molecule has 0 aliphatic heterocycles. The van der Waals surface area contributed by atoms with Crippen molar-refractivity contribution in [2.75, 3.05) is 0 Å². The molecule has 0 bridgehead atoms. The highest BCUT2D eigenvalue weighted by Crippen LogP contribution is 2.45. The molecule has 234 valence electrons. The fourth-order valence-electron chi connectivity index (χ4n) is 7.46. The molecule has 0 aliphatic rings. The van der Waals surface area contributed by atoms with Crippen LogP contribution in [0.2, 0.25) is 0 Å². The summed E-state index contributed by atoms with van der Waals surface area (Å²) < 4.78 is 2.28. The molecular formula is C47H36N2. The number of benzene rings is 8. The minimum absolute atomic E-state index is 0.0202. The van der Waals surface area contributed by atoms with Gasteiger partial charge in [-0.3, -0.25) is 4.57 Å². The topological polar surface area (TPSA) is 17.8 Å². The van der Waals surface area contributed by atoms with Crippen LogP contribution in [0.3, 0.4) is 0 Å². The summed E-state index contributed by atoms with van der Waals surface area (Å²) >= 11 is 0. The maximum absolute atomic E-state index is 5.07. The highest BCUT2D eigenvalue weighted by Gasteiger charge is 2.21. The average Bonchev–Trinajstić information content (AvgIpc) is 3.53. The Morgan fingerprint density at radius 3 is 1.82 bits per heavy atom. The van der Waals surface area contributed by atoms with E-state index >= 15 is 0 Å². The molecule has 2 heteroatoms. The fourth-order valence-corrected chi connectivity index (χ4v) is 7.46. The molecule has 8 aromatic carbocycles. The van der Waals surface area contributed by atoms with Crippen molar-refractivity contribution in [3.8, 4) is 39.3 Å². The van der Waals surface area contributed by atoms with E-state index in [-0.39, 0.29) is 5.41 Å². The Hall–Kier alpha value is -5.99. The summed E-state index contributed by atoms with van der Waals surface area (Å²) in [5, 5.41) is 7.58. The molecule has 0 fully saturated rings. The lowest BCUT2D eigenvalue weighted by Gasteiger charge is -2.23. The maximum Gasteiger partial charge on any atom is 0.145 e. The van der Waals surface area contributed by atoms with E-state index in [1.54, 1.807) is 0 Å². The van der Waals surface area contributed by atoms with Crippen molar-refractivity contribution >= 4 is 43.4 Å². The molecule has 0 saturated heterocycles. The first-order valence-electron chi connectivity index (χ1n) is 17.1. The Kier molecular flexibility index (Phi) is 6.74. The summed E-state index contributed by atoms with van der Waals surface area (Å²) in [5.41, 5.74) is 10.6. The van der Waals surface area contributed by atoms with Gasteiger partial charge in [-0.2, -0.15) is 0 Å². The molecule has 0 saturated carbocycles. The highest BCUT2D eigenvalue weighted by molar-refractivity contribution is 6.22. The van der Waals surface area contributed by atoms with Crippen LogP contribution in [0.1, 0.15) is 26.3 Å². The molecular weight excluding hydrogens is 593 g/mol. The van der Waals surface area contributed by atoms with Gasteiger partial charge in [-0.1, -0.05) is 148 Å². The molecule has 0 N–H and O–H groups in total. The van der Waals surface area contributed by atoms with E-state index in [2.05, 4.69) is 189 Å². The SMILES string of the molecule is CC(C)(C)c1ccc2c(-c3ccc(-n4c(-c5ccccc5)nc5ccccc54)cc3)c3ccccc3c(-c3ccc4ccccc4c3)c2c1. The average molecular weight is 629 g/mol. The van der Waals surface area contributed by atoms with Gasteiger partial charge in [0.1, 0.15) is 5.82 Å². The summed E-state index contributed by atoms with van der Waals surface area (Å²) in [5.74, 6) is 0.944. The summed E-state index contributed by atoms with van der Waals surface area (Å²) in [6.07, 6.45) is 0. The van der Waals surface area contributed by atoms with Gasteiger partial charge in [-0.15, -0.1) is 0 Å². The Morgan fingerprint density at radius 1 is 0.449 bits per heavy atom. The minimum Gasteiger partial charge on any atom is -0.292 e. The number of hydrogen-bond acceptors (Lipinski definition) is 1. The number of hydrogen-bond donors (Lipinski definition) is 0. The quantitative estimate of drug-likeness (QED) is 0.177. The van der Waals surface area contributed by atoms with Crippen molar-refractivity contribution in [2.45, 2.75) is 26.2 Å². The standard InChI is InChI=1S/C47H36N2/c1-47(2,3)36-25-28-40-41(30-36)45(35-22-21-31-13-7-8-16-34(31)29-35)39-18-10-9-17-38(39)44(40)32-23-26-37(27-24-32)49-43-20-12-11-19-42(43)48-46(49)33-14-5-4-6-15-33/h4-30H,1-3H3. The lowest BCUT2D eigenvalue weighted by Crippen LogP contribution is -2.10. The zero-order valence-electron chi connectivity index (χ0n) is 28.0. The van der Waals surface area contributed by atoms with E-state index in [1.165, 1.54) is 60.1 Å². The molecule has 0 atom stereocenters. The number of rotatable bonds is 4. The highest BCUT2D eigenvalue weighted by atomic mass is 15.1. The second kappa shape index (κ2) is 11.3. The lowest BCUT2D eigenvalue weighted by molar-refractivity contribution is 0.591. The number of nitrogens with zero attached hydrogens (tertiary/aromatic N) is 2. The van der Waals surface area contributed by atoms with Crippen LogP contribution in [0.15, 0.2) is 164 Å². The first-order chi connectivity index (χ1) is 23.9. The van der Waals surface area contributed by atoms with Crippen molar-refractivity contribution in [2.24, 2.45) is 0 Å². The Labute approximate surface area is 286 Å². The van der Waals surface area contributed by atoms with Crippen molar-refractivity contribution in [3.63, 3.8) is 0 Å². The van der Waals surface area contributed by atoms with E-state index < -0.39 is 0 Å². The Bertz CT molecular complexity index is 2670. The third-order valence-corrected chi connectivity index (χ3v) is 9.94. The summed E-state index contributed by atoms with van der Waals surface area (Å²) in [6.45, 7) is 6.90. The van der Waals surface area contributed by atoms with E-state index in [1.807, 2.05) is 0 Å². The zero-order chi connectivity index (χ0) is 33.1. The summed E-state index contributed by atoms with van der Waals surface area (Å²) in [6, 6.07) is 59.5. The van der Waals surface area contributed by atoms with E-state index in [9.17, 15) is 0 Å². The predicted octanol–water partition coefficient (Wildman–Crippen LogP) is 12.8. The van der Waals surface area contributed by atoms with Crippen LogP contribution in [0.25, 0.3) is 82.7 Å². The lowest BCUT2D eigenvalue weighted by atomic mass is 9.81. The summed E-state index contributed by atoms with van der Waals surface area (Å²) in [7, 11) is 0. The second-order valence-electron chi connectivity index (χ2n) is 14.0. The van der Waals surface area contributed by atoms with E-state index in [0.717, 1.165) is 28.1 Å². The van der Waals surface area contributed by atoms with Gasteiger partial charge >= 0.3 is 0 Å². The monoisotopic (exact) mass is 628 g/mol. The third-order valence-electron chi connectivity index (χ3n) is 9.94. The Morgan fingerprint density at radius 2 is 1.06 bits per heavy atom. The van der Waals surface area contributed by atoms with Crippen molar-refractivity contribution in [3.05, 3.63) is 169 Å². The van der Waals surface area contributed by atoms with Gasteiger partial charge in [0.15, 0.2) is 0 Å². The first-order valence-corrected chi connectivity index (χ1v) is 17.1. The van der Waals surface area contributed by atoms with Crippen LogP contribution in [-0.4, -0.2) is 9.55 Å². The molecule has 49 heavy (non-hydrogen) atoms. The number of para-hydroxylation sites is 2. The predicted molar refractivity (Wildman–Crippen MR) is 209 cm³/mol. The first kappa shape index (κ1) is 29.2. The third kappa shape index (κ3) is 4.91. The van der Waals surface area contributed by atoms with Crippen LogP contribution < -0.4 is 0 Å². The van der Waals surface area contributed by atoms with Crippen LogP contribution in [0, 0.1) is 0 Å². The molecule has 0 radical (unpaired) electrons. The van der Waals surface area contributed by atoms with Gasteiger partial charge in [-0.25, -0.2) is 4.98 Å². The molecule has 0 amide bonds. The molecule has 0 aliphatic carbocycles. The molecule has 0 spiro atoms. The van der Waals surface area contributed by atoms with Crippen molar-refractivity contribution in [1.29, 1.82) is 0 Å². The van der Waals surface area contributed by atoms with Gasteiger partial charge in [0.05, 0.1) is 11.0 Å². The van der Waals surface area contributed by atoms with E-state index in [0.29, 0.717) is 0 Å². The van der Waals surface area contributed by atoms with Gasteiger partial charge in [0.2, 0.25) is 0 Å². The summed E-state index contributed by atoms with van der Waals surface area (Å²) in [4.78, 5) is 5.07. The van der Waals surface area contributed by atoms with Gasteiger partial charge in [0, 0.05) is 11.3 Å². The normalized spacial score (nSPS) is 12.0. The number of fused-ring (bicyclic) bond motifs is 4. The van der Waals surface area contributed by atoms with Crippen LogP contribution in [0.5, 0.6) is 0 Å². The smallest absolute Gasteiger partial charge is 0.145 e. The maximum atomic E-state index is 5.07. The minimum atomic E-state index is 0.0202. The molecule has 1 aromatic heterocycles. The van der Waals surface area contributed by atoms with Crippen LogP contribution in [-0.2, 0) is 5.41 Å². The zero-order valence-corrected chi connectivity index (χ0v) is 28.0. The van der Waals surface area contributed by atoms with Gasteiger partial charge < -0.3 is 0 Å². The number of imidazole rings is 1. The van der Waals surface area contributed by atoms with Crippen molar-refractivity contribution in [1.82, 2.24) is 9.55 Å².